The van der Waals surface area contributed by atoms with Crippen molar-refractivity contribution in [2.45, 2.75) is 4.90 Å². The molecular formula is C13H11NO2S. The van der Waals surface area contributed by atoms with Crippen LogP contribution in [0.2, 0.25) is 0 Å². The molecule has 1 heterocycles. The fourth-order valence-corrected chi connectivity index (χ4v) is 2.67. The molecule has 17 heavy (non-hydrogen) atoms. The van der Waals surface area contributed by atoms with E-state index in [1.807, 2.05) is 18.2 Å². The van der Waals surface area contributed by atoms with Crippen LogP contribution in [0.25, 0.3) is 10.8 Å². The summed E-state index contributed by atoms with van der Waals surface area (Å²) in [6.45, 7) is 1.13. The molecule has 0 saturated carbocycles. The molecule has 0 atom stereocenters. The smallest absolute Gasteiger partial charge is 0.420 e. The number of amides is 1. The summed E-state index contributed by atoms with van der Waals surface area (Å²) < 4.78 is 6.53. The minimum atomic E-state index is -0.247. The first kappa shape index (κ1) is 10.5. The number of hydrogen-bond acceptors (Lipinski definition) is 3. The van der Waals surface area contributed by atoms with E-state index in [1.165, 1.54) is 22.7 Å². The van der Waals surface area contributed by atoms with Gasteiger partial charge in [-0.15, -0.1) is 0 Å². The van der Waals surface area contributed by atoms with Crippen molar-refractivity contribution in [1.29, 1.82) is 0 Å². The van der Waals surface area contributed by atoms with Crippen LogP contribution in [0, 0.1) is 0 Å². The second kappa shape index (κ2) is 4.30. The molecule has 1 amide bonds. The van der Waals surface area contributed by atoms with Gasteiger partial charge in [-0.05, 0) is 34.9 Å². The molecule has 0 N–H and O–H groups in total. The molecule has 3 nitrogen and oxygen atoms in total. The van der Waals surface area contributed by atoms with Crippen LogP contribution in [-0.2, 0) is 4.74 Å². The zero-order valence-corrected chi connectivity index (χ0v) is 9.94. The summed E-state index contributed by atoms with van der Waals surface area (Å²) >= 11 is 1.43. The number of carbonyl (C=O) groups is 1. The molecule has 0 aliphatic carbocycles. The van der Waals surface area contributed by atoms with Crippen LogP contribution in [0.15, 0.2) is 47.4 Å². The number of ether oxygens (including phenoxy) is 1. The highest BCUT2D eigenvalue weighted by Crippen LogP contribution is 2.28. The maximum absolute atomic E-state index is 11.3. The van der Waals surface area contributed by atoms with E-state index in [-0.39, 0.29) is 6.09 Å². The topological polar surface area (TPSA) is 29.5 Å². The van der Waals surface area contributed by atoms with Gasteiger partial charge in [0.05, 0.1) is 6.54 Å². The van der Waals surface area contributed by atoms with Crippen molar-refractivity contribution in [3.05, 3.63) is 42.5 Å². The van der Waals surface area contributed by atoms with Gasteiger partial charge in [0.2, 0.25) is 0 Å². The van der Waals surface area contributed by atoms with Gasteiger partial charge in [-0.3, -0.25) is 0 Å². The summed E-state index contributed by atoms with van der Waals surface area (Å²) in [5, 5.41) is 2.39. The molecular weight excluding hydrogens is 234 g/mol. The Bertz CT molecular complexity index is 570. The number of nitrogens with zero attached hydrogens (tertiary/aromatic N) is 1. The van der Waals surface area contributed by atoms with Gasteiger partial charge >= 0.3 is 6.09 Å². The summed E-state index contributed by atoms with van der Waals surface area (Å²) in [6.07, 6.45) is -0.247. The second-order valence-electron chi connectivity index (χ2n) is 3.82. The molecule has 4 heteroatoms. The lowest BCUT2D eigenvalue weighted by atomic mass is 10.1. The van der Waals surface area contributed by atoms with Crippen molar-refractivity contribution in [2.24, 2.45) is 0 Å². The molecule has 3 rings (SSSR count). The Labute approximate surface area is 103 Å². The summed E-state index contributed by atoms with van der Waals surface area (Å²) in [6, 6.07) is 14.4. The van der Waals surface area contributed by atoms with Crippen LogP contribution in [-0.4, -0.2) is 23.6 Å². The number of hydrogen-bond donors (Lipinski definition) is 0. The summed E-state index contributed by atoms with van der Waals surface area (Å²) in [7, 11) is 0. The lowest BCUT2D eigenvalue weighted by Crippen LogP contribution is -2.14. The fraction of sp³-hybridized carbons (Fsp3) is 0.154. The first-order valence-corrected chi connectivity index (χ1v) is 6.21. The molecule has 2 aromatic carbocycles. The van der Waals surface area contributed by atoms with Crippen molar-refractivity contribution in [2.75, 3.05) is 13.2 Å². The molecule has 0 bridgehead atoms. The highest BCUT2D eigenvalue weighted by atomic mass is 32.2. The number of carbonyl (C=O) groups excluding carboxylic acids is 1. The third-order valence-corrected chi connectivity index (χ3v) is 3.68. The molecule has 1 fully saturated rings. The van der Waals surface area contributed by atoms with E-state index in [0.717, 1.165) is 4.90 Å². The van der Waals surface area contributed by atoms with Gasteiger partial charge in [0.15, 0.2) is 0 Å². The number of fused-ring (bicyclic) bond motifs is 1. The summed E-state index contributed by atoms with van der Waals surface area (Å²) in [5.74, 6) is 0. The van der Waals surface area contributed by atoms with Crippen LogP contribution in [0.3, 0.4) is 0 Å². The molecule has 0 spiro atoms. The third kappa shape index (κ3) is 2.08. The van der Waals surface area contributed by atoms with Crippen LogP contribution in [0.5, 0.6) is 0 Å². The molecule has 2 aromatic rings. The van der Waals surface area contributed by atoms with Gasteiger partial charge in [0.1, 0.15) is 6.61 Å². The molecule has 1 saturated heterocycles. The van der Waals surface area contributed by atoms with E-state index in [1.54, 1.807) is 4.31 Å². The van der Waals surface area contributed by atoms with Crippen LogP contribution >= 0.6 is 11.9 Å². The van der Waals surface area contributed by atoms with E-state index in [0.29, 0.717) is 13.2 Å². The molecule has 86 valence electrons. The zero-order valence-electron chi connectivity index (χ0n) is 9.13. The molecule has 1 aliphatic heterocycles. The summed E-state index contributed by atoms with van der Waals surface area (Å²) in [4.78, 5) is 12.4. The SMILES string of the molecule is O=C1OCCN1Sc1ccc2ccccc2c1. The Morgan fingerprint density at radius 3 is 2.71 bits per heavy atom. The van der Waals surface area contributed by atoms with Gasteiger partial charge in [0.25, 0.3) is 0 Å². The average Bonchev–Trinajstić information content (AvgIpc) is 2.75. The van der Waals surface area contributed by atoms with Crippen molar-refractivity contribution in [1.82, 2.24) is 4.31 Å². The van der Waals surface area contributed by atoms with Crippen LogP contribution < -0.4 is 0 Å². The van der Waals surface area contributed by atoms with Gasteiger partial charge in [-0.25, -0.2) is 9.10 Å². The number of rotatable bonds is 2. The normalized spacial score (nSPS) is 15.3. The average molecular weight is 245 g/mol. The van der Waals surface area contributed by atoms with E-state index in [2.05, 4.69) is 24.3 Å². The molecule has 0 aromatic heterocycles. The highest BCUT2D eigenvalue weighted by molar-refractivity contribution is 7.97. The standard InChI is InChI=1S/C13H11NO2S/c15-13-14(7-8-16-13)17-12-6-5-10-3-1-2-4-11(10)9-12/h1-6,9H,7-8H2. The van der Waals surface area contributed by atoms with Crippen LogP contribution in [0.1, 0.15) is 0 Å². The number of cyclic esters (lactones) is 1. The van der Waals surface area contributed by atoms with E-state index < -0.39 is 0 Å². The number of benzene rings is 2. The molecule has 1 aliphatic rings. The minimum absolute atomic E-state index is 0.247. The Hall–Kier alpha value is -1.68. The van der Waals surface area contributed by atoms with E-state index in [4.69, 9.17) is 4.74 Å². The molecule has 0 radical (unpaired) electrons. The monoisotopic (exact) mass is 245 g/mol. The first-order valence-electron chi connectivity index (χ1n) is 5.44. The third-order valence-electron chi connectivity index (χ3n) is 2.66. The Kier molecular flexibility index (Phi) is 2.65. The highest BCUT2D eigenvalue weighted by Gasteiger charge is 2.22. The van der Waals surface area contributed by atoms with Crippen molar-refractivity contribution in [3.8, 4) is 0 Å². The first-order chi connectivity index (χ1) is 8.33. The maximum atomic E-state index is 11.3. The van der Waals surface area contributed by atoms with E-state index >= 15 is 0 Å². The second-order valence-corrected chi connectivity index (χ2v) is 4.91. The Balaban J connectivity index is 1.88. The van der Waals surface area contributed by atoms with Gasteiger partial charge in [-0.1, -0.05) is 30.3 Å². The van der Waals surface area contributed by atoms with Gasteiger partial charge in [-0.2, -0.15) is 0 Å². The van der Waals surface area contributed by atoms with E-state index in [9.17, 15) is 4.79 Å². The quantitative estimate of drug-likeness (QED) is 0.760. The van der Waals surface area contributed by atoms with Crippen molar-refractivity contribution >= 4 is 28.8 Å². The molecule has 0 unspecified atom stereocenters. The maximum Gasteiger partial charge on any atom is 0.420 e. The van der Waals surface area contributed by atoms with Crippen molar-refractivity contribution < 1.29 is 9.53 Å². The van der Waals surface area contributed by atoms with Gasteiger partial charge < -0.3 is 4.74 Å². The lowest BCUT2D eigenvalue weighted by molar-refractivity contribution is 0.171. The predicted octanol–water partition coefficient (Wildman–Crippen LogP) is 3.30. The Morgan fingerprint density at radius 2 is 1.94 bits per heavy atom. The zero-order chi connectivity index (χ0) is 11.7. The fourth-order valence-electron chi connectivity index (χ4n) is 1.81. The lowest BCUT2D eigenvalue weighted by Gasteiger charge is -2.11. The van der Waals surface area contributed by atoms with Crippen molar-refractivity contribution in [3.63, 3.8) is 0 Å². The minimum Gasteiger partial charge on any atom is -0.447 e. The summed E-state index contributed by atoms with van der Waals surface area (Å²) in [5.41, 5.74) is 0. The van der Waals surface area contributed by atoms with Gasteiger partial charge in [0, 0.05) is 4.90 Å². The largest absolute Gasteiger partial charge is 0.447 e. The van der Waals surface area contributed by atoms with Crippen LogP contribution in [0.4, 0.5) is 4.79 Å². The predicted molar refractivity (Wildman–Crippen MR) is 67.9 cm³/mol. The Morgan fingerprint density at radius 1 is 1.12 bits per heavy atom.